The van der Waals surface area contributed by atoms with Gasteiger partial charge in [0.25, 0.3) is 0 Å². The lowest BCUT2D eigenvalue weighted by Crippen LogP contribution is -2.18. The molecule has 0 saturated carbocycles. The van der Waals surface area contributed by atoms with Gasteiger partial charge in [-0.3, -0.25) is 0 Å². The van der Waals surface area contributed by atoms with Crippen LogP contribution in [0.1, 0.15) is 6.42 Å². The summed E-state index contributed by atoms with van der Waals surface area (Å²) in [4.78, 5) is 10.2. The molecular formula is C7H9BClNO3. The lowest BCUT2D eigenvalue weighted by Gasteiger charge is -2.09. The highest BCUT2D eigenvalue weighted by Gasteiger charge is 2.17. The number of nitrogens with two attached hydrogens (primary N) is 1. The van der Waals surface area contributed by atoms with Crippen molar-refractivity contribution >= 4 is 25.5 Å². The standard InChI is InChI=1S/C7H8BNO3.ClH/c9-7-2-5(4-10)1-6(3-7)8(11)12;/h1,3,11-12H,2,9H2;1H. The molecule has 0 saturated heterocycles. The molecule has 0 radical (unpaired) electrons. The minimum Gasteiger partial charge on any atom is -0.423 e. The van der Waals surface area contributed by atoms with E-state index in [2.05, 4.69) is 0 Å². The van der Waals surface area contributed by atoms with E-state index in [1.54, 1.807) is 5.94 Å². The Morgan fingerprint density at radius 3 is 2.54 bits per heavy atom. The SMILES string of the molecule is Cl.NC1=CC(B(O)O)=CC(=C=O)C1. The summed E-state index contributed by atoms with van der Waals surface area (Å²) in [6.45, 7) is 0. The van der Waals surface area contributed by atoms with Crippen LogP contribution in [0.5, 0.6) is 0 Å². The summed E-state index contributed by atoms with van der Waals surface area (Å²) in [5.41, 5.74) is 6.41. The van der Waals surface area contributed by atoms with E-state index in [-0.39, 0.29) is 17.9 Å². The van der Waals surface area contributed by atoms with Gasteiger partial charge < -0.3 is 15.8 Å². The first-order valence-corrected chi connectivity index (χ1v) is 3.41. The minimum atomic E-state index is -1.59. The molecule has 0 unspecified atom stereocenters. The van der Waals surface area contributed by atoms with Gasteiger partial charge in [-0.15, -0.1) is 12.4 Å². The number of rotatable bonds is 1. The summed E-state index contributed by atoms with van der Waals surface area (Å²) in [6, 6.07) is 0. The fourth-order valence-electron chi connectivity index (χ4n) is 0.994. The number of halogens is 1. The smallest absolute Gasteiger partial charge is 0.423 e. The van der Waals surface area contributed by atoms with Gasteiger partial charge in [0, 0.05) is 17.7 Å². The van der Waals surface area contributed by atoms with Crippen LogP contribution >= 0.6 is 12.4 Å². The molecule has 0 atom stereocenters. The number of allylic oxidation sites excluding steroid dienone is 4. The normalized spacial score (nSPS) is 15.1. The van der Waals surface area contributed by atoms with Gasteiger partial charge in [0.2, 0.25) is 0 Å². The van der Waals surface area contributed by atoms with Crippen LogP contribution in [0, 0.1) is 0 Å². The molecule has 13 heavy (non-hydrogen) atoms. The largest absolute Gasteiger partial charge is 0.488 e. The van der Waals surface area contributed by atoms with E-state index in [0.717, 1.165) is 0 Å². The summed E-state index contributed by atoms with van der Waals surface area (Å²) < 4.78 is 0. The maximum Gasteiger partial charge on any atom is 0.488 e. The van der Waals surface area contributed by atoms with Crippen LogP contribution in [0.2, 0.25) is 0 Å². The molecule has 4 N–H and O–H groups in total. The van der Waals surface area contributed by atoms with Crippen LogP contribution in [0.4, 0.5) is 0 Å². The molecule has 1 rings (SSSR count). The second-order valence-electron chi connectivity index (χ2n) is 2.54. The highest BCUT2D eigenvalue weighted by Crippen LogP contribution is 2.17. The Morgan fingerprint density at radius 1 is 1.46 bits per heavy atom. The molecule has 0 aromatic heterocycles. The molecule has 0 amide bonds. The van der Waals surface area contributed by atoms with E-state index in [1.807, 2.05) is 0 Å². The van der Waals surface area contributed by atoms with Gasteiger partial charge in [0.1, 0.15) is 5.94 Å². The number of hydrogen-bond donors (Lipinski definition) is 3. The quantitative estimate of drug-likeness (QED) is 0.389. The van der Waals surface area contributed by atoms with Crippen molar-refractivity contribution in [3.05, 3.63) is 28.9 Å². The van der Waals surface area contributed by atoms with Gasteiger partial charge in [-0.05, 0) is 17.6 Å². The van der Waals surface area contributed by atoms with Crippen molar-refractivity contribution in [2.45, 2.75) is 6.42 Å². The zero-order chi connectivity index (χ0) is 9.14. The molecule has 0 bridgehead atoms. The van der Waals surface area contributed by atoms with Crippen molar-refractivity contribution in [2.75, 3.05) is 0 Å². The molecule has 0 aromatic carbocycles. The second-order valence-corrected chi connectivity index (χ2v) is 2.54. The van der Waals surface area contributed by atoms with E-state index >= 15 is 0 Å². The molecule has 0 heterocycles. The average Bonchev–Trinajstić information content (AvgIpc) is 2.03. The third-order valence-corrected chi connectivity index (χ3v) is 1.52. The third-order valence-electron chi connectivity index (χ3n) is 1.52. The predicted octanol–water partition coefficient (Wildman–Crippen LogP) is -0.649. The molecular weight excluding hydrogens is 192 g/mol. The Balaban J connectivity index is 0.00000144. The molecule has 0 fully saturated rings. The molecule has 1 aliphatic carbocycles. The van der Waals surface area contributed by atoms with Crippen molar-refractivity contribution in [3.63, 3.8) is 0 Å². The van der Waals surface area contributed by atoms with Crippen LogP contribution in [-0.4, -0.2) is 23.1 Å². The van der Waals surface area contributed by atoms with Gasteiger partial charge >= 0.3 is 7.12 Å². The van der Waals surface area contributed by atoms with Gasteiger partial charge in [-0.1, -0.05) is 0 Å². The van der Waals surface area contributed by atoms with E-state index in [0.29, 0.717) is 17.7 Å². The summed E-state index contributed by atoms with van der Waals surface area (Å²) in [5.74, 6) is 1.67. The highest BCUT2D eigenvalue weighted by molar-refractivity contribution is 6.52. The van der Waals surface area contributed by atoms with E-state index in [4.69, 9.17) is 15.8 Å². The van der Waals surface area contributed by atoms with Crippen molar-refractivity contribution in [2.24, 2.45) is 5.73 Å². The van der Waals surface area contributed by atoms with E-state index < -0.39 is 7.12 Å². The predicted molar refractivity (Wildman–Crippen MR) is 51.6 cm³/mol. The Labute approximate surface area is 82.0 Å². The van der Waals surface area contributed by atoms with Crippen LogP contribution in [0.15, 0.2) is 28.9 Å². The molecule has 4 nitrogen and oxygen atoms in total. The van der Waals surface area contributed by atoms with Gasteiger partial charge in [-0.25, -0.2) is 4.79 Å². The van der Waals surface area contributed by atoms with Crippen molar-refractivity contribution < 1.29 is 14.8 Å². The van der Waals surface area contributed by atoms with Gasteiger partial charge in [0.15, 0.2) is 0 Å². The van der Waals surface area contributed by atoms with Crippen molar-refractivity contribution in [3.8, 4) is 0 Å². The Morgan fingerprint density at radius 2 is 2.08 bits per heavy atom. The monoisotopic (exact) mass is 201 g/mol. The number of hydrogen-bond acceptors (Lipinski definition) is 4. The molecule has 0 aromatic rings. The van der Waals surface area contributed by atoms with Crippen LogP contribution in [-0.2, 0) is 4.79 Å². The fourth-order valence-corrected chi connectivity index (χ4v) is 0.994. The minimum absolute atomic E-state index is 0. The zero-order valence-electron chi connectivity index (χ0n) is 6.73. The first-order valence-electron chi connectivity index (χ1n) is 3.41. The molecule has 0 aliphatic heterocycles. The van der Waals surface area contributed by atoms with Crippen LogP contribution in [0.3, 0.4) is 0 Å². The second kappa shape index (κ2) is 4.89. The highest BCUT2D eigenvalue weighted by atomic mass is 35.5. The fraction of sp³-hybridized carbons (Fsp3) is 0.143. The molecule has 6 heteroatoms. The topological polar surface area (TPSA) is 83.6 Å². The molecule has 0 spiro atoms. The maximum atomic E-state index is 10.2. The number of carbonyl (C=O) groups excluding carboxylic acids is 1. The Bertz CT molecular complexity index is 305. The Kier molecular flexibility index (Phi) is 4.52. The zero-order valence-corrected chi connectivity index (χ0v) is 7.54. The van der Waals surface area contributed by atoms with Gasteiger partial charge in [-0.2, -0.15) is 0 Å². The average molecular weight is 201 g/mol. The van der Waals surface area contributed by atoms with Gasteiger partial charge in [0.05, 0.1) is 0 Å². The summed E-state index contributed by atoms with van der Waals surface area (Å²) in [6.07, 6.45) is 3.12. The molecule has 1 aliphatic rings. The summed E-state index contributed by atoms with van der Waals surface area (Å²) in [7, 11) is -1.59. The summed E-state index contributed by atoms with van der Waals surface area (Å²) in [5, 5.41) is 17.5. The lowest BCUT2D eigenvalue weighted by molar-refractivity contribution is 0.420. The van der Waals surface area contributed by atoms with Crippen LogP contribution < -0.4 is 5.73 Å². The van der Waals surface area contributed by atoms with E-state index in [1.165, 1.54) is 12.2 Å². The Hall–Kier alpha value is -0.995. The maximum absolute atomic E-state index is 10.2. The van der Waals surface area contributed by atoms with Crippen molar-refractivity contribution in [1.29, 1.82) is 0 Å². The first-order chi connectivity index (χ1) is 5.63. The third kappa shape index (κ3) is 3.09. The lowest BCUT2D eigenvalue weighted by atomic mass is 9.75. The summed E-state index contributed by atoms with van der Waals surface area (Å²) >= 11 is 0. The van der Waals surface area contributed by atoms with Crippen molar-refractivity contribution in [1.82, 2.24) is 0 Å². The molecule has 70 valence electrons. The first kappa shape index (κ1) is 12.0. The van der Waals surface area contributed by atoms with Crippen LogP contribution in [0.25, 0.3) is 0 Å². The van der Waals surface area contributed by atoms with E-state index in [9.17, 15) is 4.79 Å².